The van der Waals surface area contributed by atoms with Crippen molar-refractivity contribution < 1.29 is 9.84 Å². The smallest absolute Gasteiger partial charge is 0.123 e. The molecule has 114 valence electrons. The summed E-state index contributed by atoms with van der Waals surface area (Å²) in [7, 11) is 1.68. The van der Waals surface area contributed by atoms with Gasteiger partial charge in [0.1, 0.15) is 5.75 Å². The van der Waals surface area contributed by atoms with Gasteiger partial charge >= 0.3 is 0 Å². The Morgan fingerprint density at radius 2 is 2.05 bits per heavy atom. The molecule has 0 saturated heterocycles. The van der Waals surface area contributed by atoms with Crippen molar-refractivity contribution in [3.05, 3.63) is 47.8 Å². The molecule has 2 aromatic rings. The van der Waals surface area contributed by atoms with E-state index >= 15 is 0 Å². The molecule has 0 spiro atoms. The van der Waals surface area contributed by atoms with E-state index < -0.39 is 0 Å². The summed E-state index contributed by atoms with van der Waals surface area (Å²) in [6.07, 6.45) is 1.81. The van der Waals surface area contributed by atoms with Gasteiger partial charge < -0.3 is 9.84 Å². The van der Waals surface area contributed by atoms with Gasteiger partial charge in [-0.1, -0.05) is 18.2 Å². The van der Waals surface area contributed by atoms with Gasteiger partial charge in [-0.05, 0) is 19.1 Å². The van der Waals surface area contributed by atoms with E-state index in [2.05, 4.69) is 16.1 Å². The Morgan fingerprint density at radius 3 is 2.71 bits per heavy atom. The average molecular weight is 289 g/mol. The van der Waals surface area contributed by atoms with Crippen LogP contribution in [0, 0.1) is 6.92 Å². The number of nitrogens with zero attached hydrogens (tertiary/aromatic N) is 3. The minimum Gasteiger partial charge on any atom is -0.496 e. The highest BCUT2D eigenvalue weighted by atomic mass is 16.5. The monoisotopic (exact) mass is 289 g/mol. The Labute approximate surface area is 125 Å². The van der Waals surface area contributed by atoms with Crippen molar-refractivity contribution >= 4 is 0 Å². The Morgan fingerprint density at radius 1 is 1.24 bits per heavy atom. The van der Waals surface area contributed by atoms with Gasteiger partial charge in [0.25, 0.3) is 0 Å². The number of aliphatic hydroxyl groups excluding tert-OH is 1. The molecule has 5 heteroatoms. The maximum absolute atomic E-state index is 9.26. The predicted molar refractivity (Wildman–Crippen MR) is 82.3 cm³/mol. The first-order valence-corrected chi connectivity index (χ1v) is 7.18. The molecule has 0 radical (unpaired) electrons. The van der Waals surface area contributed by atoms with Crippen LogP contribution in [0.2, 0.25) is 0 Å². The molecule has 1 heterocycles. The number of benzene rings is 1. The molecule has 0 bridgehead atoms. The molecule has 0 aliphatic carbocycles. The van der Waals surface area contributed by atoms with Crippen LogP contribution >= 0.6 is 0 Å². The number of ether oxygens (including phenoxy) is 1. The van der Waals surface area contributed by atoms with Gasteiger partial charge in [0.05, 0.1) is 20.3 Å². The standard InChI is InChI=1S/C16H23N3O2/c1-14-7-8-17-19(14)10-9-18(11-12-20)13-15-5-3-4-6-16(15)21-2/h3-8,20H,9-13H2,1-2H3. The summed E-state index contributed by atoms with van der Waals surface area (Å²) in [4.78, 5) is 2.21. The lowest BCUT2D eigenvalue weighted by Gasteiger charge is -2.22. The van der Waals surface area contributed by atoms with Gasteiger partial charge in [0.2, 0.25) is 0 Å². The summed E-state index contributed by atoms with van der Waals surface area (Å²) in [5.41, 5.74) is 2.28. The summed E-state index contributed by atoms with van der Waals surface area (Å²) in [5.74, 6) is 0.885. The molecule has 5 nitrogen and oxygen atoms in total. The van der Waals surface area contributed by atoms with Gasteiger partial charge in [-0.3, -0.25) is 9.58 Å². The molecule has 0 atom stereocenters. The fourth-order valence-electron chi connectivity index (χ4n) is 2.35. The molecule has 2 rings (SSSR count). The van der Waals surface area contributed by atoms with Crippen LogP contribution in [-0.2, 0) is 13.1 Å². The summed E-state index contributed by atoms with van der Waals surface area (Å²) in [6, 6.07) is 9.99. The maximum Gasteiger partial charge on any atom is 0.123 e. The Hall–Kier alpha value is -1.85. The fourth-order valence-corrected chi connectivity index (χ4v) is 2.35. The summed E-state index contributed by atoms with van der Waals surface area (Å²) in [5, 5.41) is 13.5. The first-order chi connectivity index (χ1) is 10.2. The zero-order valence-corrected chi connectivity index (χ0v) is 12.7. The zero-order chi connectivity index (χ0) is 15.1. The summed E-state index contributed by atoms with van der Waals surface area (Å²) >= 11 is 0. The van der Waals surface area contributed by atoms with Crippen molar-refractivity contribution in [1.82, 2.24) is 14.7 Å². The minimum atomic E-state index is 0.146. The van der Waals surface area contributed by atoms with Gasteiger partial charge in [0, 0.05) is 37.1 Å². The van der Waals surface area contributed by atoms with Gasteiger partial charge in [-0.25, -0.2) is 0 Å². The molecule has 1 aromatic heterocycles. The SMILES string of the molecule is COc1ccccc1CN(CCO)CCn1nccc1C. The molecule has 0 fully saturated rings. The molecule has 1 N–H and O–H groups in total. The molecule has 0 amide bonds. The van der Waals surface area contributed by atoms with E-state index in [1.807, 2.05) is 42.1 Å². The molecule has 21 heavy (non-hydrogen) atoms. The molecular formula is C16H23N3O2. The quantitative estimate of drug-likeness (QED) is 0.803. The average Bonchev–Trinajstić information content (AvgIpc) is 2.91. The van der Waals surface area contributed by atoms with Crippen LogP contribution in [0.15, 0.2) is 36.5 Å². The molecule has 0 saturated carbocycles. The third kappa shape index (κ3) is 4.31. The lowest BCUT2D eigenvalue weighted by atomic mass is 10.2. The molecule has 0 aliphatic rings. The highest BCUT2D eigenvalue weighted by Gasteiger charge is 2.10. The second-order valence-corrected chi connectivity index (χ2v) is 5.01. The van der Waals surface area contributed by atoms with Crippen LogP contribution in [0.25, 0.3) is 0 Å². The zero-order valence-electron chi connectivity index (χ0n) is 12.7. The van der Waals surface area contributed by atoms with Crippen molar-refractivity contribution in [2.24, 2.45) is 0 Å². The Bertz CT molecular complexity index is 554. The van der Waals surface area contributed by atoms with Crippen LogP contribution in [0.1, 0.15) is 11.3 Å². The largest absolute Gasteiger partial charge is 0.496 e. The van der Waals surface area contributed by atoms with E-state index in [1.165, 1.54) is 0 Å². The lowest BCUT2D eigenvalue weighted by Crippen LogP contribution is -2.30. The number of rotatable bonds is 8. The van der Waals surface area contributed by atoms with E-state index in [0.717, 1.165) is 36.6 Å². The lowest BCUT2D eigenvalue weighted by molar-refractivity contribution is 0.182. The van der Waals surface area contributed by atoms with Crippen LogP contribution in [0.4, 0.5) is 0 Å². The van der Waals surface area contributed by atoms with Crippen molar-refractivity contribution in [3.8, 4) is 5.75 Å². The normalized spacial score (nSPS) is 11.0. The molecular weight excluding hydrogens is 266 g/mol. The first kappa shape index (κ1) is 15.5. The number of aryl methyl sites for hydroxylation is 1. The van der Waals surface area contributed by atoms with Crippen molar-refractivity contribution in [2.75, 3.05) is 26.8 Å². The van der Waals surface area contributed by atoms with E-state index in [0.29, 0.717) is 6.54 Å². The van der Waals surface area contributed by atoms with Crippen molar-refractivity contribution in [3.63, 3.8) is 0 Å². The Balaban J connectivity index is 2.00. The highest BCUT2D eigenvalue weighted by Crippen LogP contribution is 2.19. The number of hydrogen-bond donors (Lipinski definition) is 1. The number of aliphatic hydroxyl groups is 1. The van der Waals surface area contributed by atoms with Crippen molar-refractivity contribution in [1.29, 1.82) is 0 Å². The third-order valence-electron chi connectivity index (χ3n) is 3.56. The van der Waals surface area contributed by atoms with Gasteiger partial charge in [-0.15, -0.1) is 0 Å². The molecule has 0 unspecified atom stereocenters. The maximum atomic E-state index is 9.26. The summed E-state index contributed by atoms with van der Waals surface area (Å²) in [6.45, 7) is 5.23. The van der Waals surface area contributed by atoms with E-state index in [9.17, 15) is 5.11 Å². The van der Waals surface area contributed by atoms with E-state index in [4.69, 9.17) is 4.74 Å². The second kappa shape index (κ2) is 7.81. The van der Waals surface area contributed by atoms with Crippen molar-refractivity contribution in [2.45, 2.75) is 20.0 Å². The van der Waals surface area contributed by atoms with Crippen LogP contribution in [-0.4, -0.2) is 46.6 Å². The van der Waals surface area contributed by atoms with Crippen LogP contribution in [0.3, 0.4) is 0 Å². The fraction of sp³-hybridized carbons (Fsp3) is 0.438. The number of methoxy groups -OCH3 is 1. The minimum absolute atomic E-state index is 0.146. The molecule has 0 aliphatic heterocycles. The van der Waals surface area contributed by atoms with Gasteiger partial charge in [-0.2, -0.15) is 5.10 Å². The second-order valence-electron chi connectivity index (χ2n) is 5.01. The topological polar surface area (TPSA) is 50.5 Å². The van der Waals surface area contributed by atoms with E-state index in [1.54, 1.807) is 7.11 Å². The summed E-state index contributed by atoms with van der Waals surface area (Å²) < 4.78 is 7.37. The Kier molecular flexibility index (Phi) is 5.78. The molecule has 1 aromatic carbocycles. The predicted octanol–water partition coefficient (Wildman–Crippen LogP) is 1.69. The highest BCUT2D eigenvalue weighted by molar-refractivity contribution is 5.33. The van der Waals surface area contributed by atoms with E-state index in [-0.39, 0.29) is 6.61 Å². The van der Waals surface area contributed by atoms with Crippen LogP contribution in [0.5, 0.6) is 5.75 Å². The number of hydrogen-bond acceptors (Lipinski definition) is 4. The first-order valence-electron chi connectivity index (χ1n) is 7.18. The third-order valence-corrected chi connectivity index (χ3v) is 3.56. The number of para-hydroxylation sites is 1. The number of aromatic nitrogens is 2. The van der Waals surface area contributed by atoms with Crippen LogP contribution < -0.4 is 4.74 Å². The van der Waals surface area contributed by atoms with Gasteiger partial charge in [0.15, 0.2) is 0 Å².